The summed E-state index contributed by atoms with van der Waals surface area (Å²) in [6, 6.07) is 88.7. The summed E-state index contributed by atoms with van der Waals surface area (Å²) in [7, 11) is 0. The molecule has 0 N–H and O–H groups in total. The molecule has 0 aliphatic heterocycles. The Hall–Kier alpha value is -8.92. The Labute approximate surface area is 388 Å². The van der Waals surface area contributed by atoms with E-state index in [0.29, 0.717) is 0 Å². The third-order valence-corrected chi connectivity index (χ3v) is 13.3. The highest BCUT2D eigenvalue weighted by molar-refractivity contribution is 6.18. The van der Waals surface area contributed by atoms with Crippen LogP contribution in [0.5, 0.6) is 0 Å². The summed E-state index contributed by atoms with van der Waals surface area (Å²) < 4.78 is 13.8. The normalized spacial score (nSPS) is 11.6. The van der Waals surface area contributed by atoms with E-state index in [9.17, 15) is 0 Å². The van der Waals surface area contributed by atoms with Crippen molar-refractivity contribution in [2.24, 2.45) is 0 Å². The molecule has 0 amide bonds. The van der Waals surface area contributed by atoms with Crippen molar-refractivity contribution in [2.45, 2.75) is 0 Å². The van der Waals surface area contributed by atoms with Crippen LogP contribution in [0.2, 0.25) is 0 Å². The fourth-order valence-electron chi connectivity index (χ4n) is 9.97. The first-order valence-electron chi connectivity index (χ1n) is 22.8. The van der Waals surface area contributed by atoms with E-state index in [0.717, 1.165) is 105 Å². The number of hydrogen-bond acceptors (Lipinski definition) is 3. The molecule has 0 atom stereocenters. The molecule has 3 nitrogen and oxygen atoms in total. The highest BCUT2D eigenvalue weighted by Gasteiger charge is 2.24. The monoisotopic (exact) mass is 855 g/mol. The molecular formula is C64H41NO2. The Morgan fingerprint density at radius 1 is 0.269 bits per heavy atom. The quantitative estimate of drug-likeness (QED) is 0.152. The van der Waals surface area contributed by atoms with Crippen LogP contribution in [0, 0.1) is 0 Å². The molecule has 2 aromatic heterocycles. The Morgan fingerprint density at radius 2 is 0.761 bits per heavy atom. The van der Waals surface area contributed by atoms with Crippen molar-refractivity contribution in [2.75, 3.05) is 4.90 Å². The molecule has 0 bridgehead atoms. The molecule has 13 aromatic rings. The number of fused-ring (bicyclic) bond motifs is 7. The predicted octanol–water partition coefficient (Wildman–Crippen LogP) is 18.4. The summed E-state index contributed by atoms with van der Waals surface area (Å²) in [6.45, 7) is 0. The maximum Gasteiger partial charge on any atom is 0.145 e. The summed E-state index contributed by atoms with van der Waals surface area (Å²) in [5, 5.41) is 6.71. The standard InChI is InChI=1S/C64H41NO2/c1-5-14-42(15-6-1)49-28-33-55-56-35-32-52(41-62(56)66-60(55)39-49)65(51-30-26-44(27-31-51)48-25-24-47-22-13-23-53(58(47)38-48)45-18-9-3-10-19-45)59-37-36-54(46-20-11-4-12-21-46)64-63(59)57-34-29-50(40-61(57)67-64)43-16-7-2-8-17-43/h1-41H. The minimum atomic E-state index is 0.825. The van der Waals surface area contributed by atoms with Gasteiger partial charge in [0.05, 0.1) is 11.1 Å². The highest BCUT2D eigenvalue weighted by Crippen LogP contribution is 2.48. The summed E-state index contributed by atoms with van der Waals surface area (Å²) in [5.74, 6) is 0. The number of nitrogens with zero attached hydrogens (tertiary/aromatic N) is 1. The zero-order valence-electron chi connectivity index (χ0n) is 36.4. The SMILES string of the molecule is c1ccc(-c2ccc3c(c2)oc2cc(N(c4ccc(-c5ccc6cccc(-c7ccccc7)c6c5)cc4)c4ccc(-c5ccccc5)c5oc6cc(-c7ccccc7)ccc6c45)ccc23)cc1. The van der Waals surface area contributed by atoms with Gasteiger partial charge in [0.2, 0.25) is 0 Å². The first-order chi connectivity index (χ1) is 33.2. The summed E-state index contributed by atoms with van der Waals surface area (Å²) in [5.41, 5.74) is 17.8. The molecule has 0 saturated carbocycles. The molecule has 11 aromatic carbocycles. The molecule has 0 unspecified atom stereocenters. The number of anilines is 3. The Bertz CT molecular complexity index is 3950. The van der Waals surface area contributed by atoms with Gasteiger partial charge in [-0.15, -0.1) is 0 Å². The van der Waals surface area contributed by atoms with Gasteiger partial charge >= 0.3 is 0 Å². The largest absolute Gasteiger partial charge is 0.456 e. The molecule has 0 spiro atoms. The molecule has 0 aliphatic carbocycles. The van der Waals surface area contributed by atoms with Crippen LogP contribution in [-0.4, -0.2) is 0 Å². The molecule has 0 saturated heterocycles. The summed E-state index contributed by atoms with van der Waals surface area (Å²) >= 11 is 0. The molecule has 2 heterocycles. The van der Waals surface area contributed by atoms with Gasteiger partial charge in [-0.1, -0.05) is 176 Å². The third-order valence-electron chi connectivity index (χ3n) is 13.3. The zero-order chi connectivity index (χ0) is 44.3. The summed E-state index contributed by atoms with van der Waals surface area (Å²) in [6.07, 6.45) is 0. The minimum absolute atomic E-state index is 0.825. The fraction of sp³-hybridized carbons (Fsp3) is 0. The lowest BCUT2D eigenvalue weighted by atomic mass is 9.94. The Morgan fingerprint density at radius 3 is 1.42 bits per heavy atom. The lowest BCUT2D eigenvalue weighted by Gasteiger charge is -2.27. The summed E-state index contributed by atoms with van der Waals surface area (Å²) in [4.78, 5) is 2.36. The fourth-order valence-corrected chi connectivity index (χ4v) is 9.97. The van der Waals surface area contributed by atoms with Gasteiger partial charge in [0.15, 0.2) is 0 Å². The maximum absolute atomic E-state index is 7.03. The van der Waals surface area contributed by atoms with Crippen molar-refractivity contribution < 1.29 is 8.83 Å². The lowest BCUT2D eigenvalue weighted by Crippen LogP contribution is -2.10. The van der Waals surface area contributed by atoms with Crippen LogP contribution in [0.1, 0.15) is 0 Å². The van der Waals surface area contributed by atoms with Gasteiger partial charge in [-0.25, -0.2) is 0 Å². The molecule has 67 heavy (non-hydrogen) atoms. The van der Waals surface area contributed by atoms with Crippen LogP contribution in [0.3, 0.4) is 0 Å². The van der Waals surface area contributed by atoms with Crippen LogP contribution in [0.15, 0.2) is 258 Å². The number of furan rings is 2. The average molecular weight is 856 g/mol. The van der Waals surface area contributed by atoms with Gasteiger partial charge in [0.1, 0.15) is 22.3 Å². The minimum Gasteiger partial charge on any atom is -0.456 e. The molecule has 3 heteroatoms. The van der Waals surface area contributed by atoms with Crippen molar-refractivity contribution in [1.29, 1.82) is 0 Å². The van der Waals surface area contributed by atoms with Gasteiger partial charge in [-0.2, -0.15) is 0 Å². The smallest absolute Gasteiger partial charge is 0.145 e. The van der Waals surface area contributed by atoms with Crippen LogP contribution in [-0.2, 0) is 0 Å². The van der Waals surface area contributed by atoms with E-state index < -0.39 is 0 Å². The molecule has 314 valence electrons. The van der Waals surface area contributed by atoms with Gasteiger partial charge in [-0.05, 0) is 128 Å². The second kappa shape index (κ2) is 16.0. The number of rotatable bonds is 8. The topological polar surface area (TPSA) is 29.5 Å². The van der Waals surface area contributed by atoms with Crippen LogP contribution in [0.25, 0.3) is 110 Å². The average Bonchev–Trinajstić information content (AvgIpc) is 3.98. The van der Waals surface area contributed by atoms with Crippen molar-refractivity contribution in [3.63, 3.8) is 0 Å². The first kappa shape index (κ1) is 38.5. The Kier molecular flexibility index (Phi) is 9.17. The second-order valence-electron chi connectivity index (χ2n) is 17.2. The van der Waals surface area contributed by atoms with Gasteiger partial charge < -0.3 is 13.7 Å². The molecule has 0 radical (unpaired) electrons. The van der Waals surface area contributed by atoms with E-state index in [4.69, 9.17) is 8.83 Å². The maximum atomic E-state index is 7.03. The van der Waals surface area contributed by atoms with E-state index in [-0.39, 0.29) is 0 Å². The highest BCUT2D eigenvalue weighted by atomic mass is 16.3. The Balaban J connectivity index is 1.00. The van der Waals surface area contributed by atoms with E-state index in [1.807, 2.05) is 6.07 Å². The van der Waals surface area contributed by atoms with Gasteiger partial charge in [0, 0.05) is 39.2 Å². The van der Waals surface area contributed by atoms with Crippen LogP contribution >= 0.6 is 0 Å². The molecular weight excluding hydrogens is 815 g/mol. The van der Waals surface area contributed by atoms with Crippen molar-refractivity contribution in [3.8, 4) is 55.6 Å². The van der Waals surface area contributed by atoms with Crippen molar-refractivity contribution in [3.05, 3.63) is 249 Å². The predicted molar refractivity (Wildman–Crippen MR) is 280 cm³/mol. The third kappa shape index (κ3) is 6.76. The van der Waals surface area contributed by atoms with Crippen molar-refractivity contribution >= 4 is 71.7 Å². The molecule has 0 fully saturated rings. The lowest BCUT2D eigenvalue weighted by molar-refractivity contribution is 0.669. The van der Waals surface area contributed by atoms with Gasteiger partial charge in [-0.3, -0.25) is 0 Å². The van der Waals surface area contributed by atoms with Crippen LogP contribution in [0.4, 0.5) is 17.1 Å². The molecule has 0 aliphatic rings. The molecule has 13 rings (SSSR count). The van der Waals surface area contributed by atoms with Crippen molar-refractivity contribution in [1.82, 2.24) is 0 Å². The van der Waals surface area contributed by atoms with Crippen LogP contribution < -0.4 is 4.90 Å². The van der Waals surface area contributed by atoms with Gasteiger partial charge in [0.25, 0.3) is 0 Å². The van der Waals surface area contributed by atoms with E-state index in [1.165, 1.54) is 21.9 Å². The first-order valence-corrected chi connectivity index (χ1v) is 22.8. The van der Waals surface area contributed by atoms with E-state index >= 15 is 0 Å². The zero-order valence-corrected chi connectivity index (χ0v) is 36.4. The van der Waals surface area contributed by atoms with E-state index in [1.54, 1.807) is 0 Å². The second-order valence-corrected chi connectivity index (χ2v) is 17.2. The van der Waals surface area contributed by atoms with E-state index in [2.05, 4.69) is 248 Å². The number of benzene rings is 11. The number of hydrogen-bond donors (Lipinski definition) is 0.